The zero-order valence-corrected chi connectivity index (χ0v) is 16.0. The molecule has 4 rings (SSSR count). The summed E-state index contributed by atoms with van der Waals surface area (Å²) in [5.41, 5.74) is 7.36. The molecule has 1 aliphatic rings. The summed E-state index contributed by atoms with van der Waals surface area (Å²) >= 11 is 5.91. The number of aliphatic hydroxyl groups is 3. The van der Waals surface area contributed by atoms with Crippen LogP contribution in [0.2, 0.25) is 5.02 Å². The van der Waals surface area contributed by atoms with Crippen LogP contribution in [-0.2, 0) is 21.8 Å². The molecule has 0 amide bonds. The van der Waals surface area contributed by atoms with Crippen LogP contribution in [-0.4, -0.2) is 66.4 Å². The van der Waals surface area contributed by atoms with Gasteiger partial charge in [0.2, 0.25) is 0 Å². The van der Waals surface area contributed by atoms with Crippen LogP contribution < -0.4 is 5.73 Å². The number of hydrogen-bond acceptors (Lipinski definition) is 9. The Morgan fingerprint density at radius 3 is 2.66 bits per heavy atom. The zero-order chi connectivity index (χ0) is 20.6. The molecule has 4 atom stereocenters. The first-order chi connectivity index (χ1) is 14.0. The normalized spacial score (nSPS) is 27.0. The maximum absolute atomic E-state index is 10.8. The Morgan fingerprint density at radius 2 is 1.97 bits per heavy atom. The number of anilines is 1. The minimum Gasteiger partial charge on any atom is -0.394 e. The van der Waals surface area contributed by atoms with Crippen LogP contribution >= 0.6 is 11.6 Å². The van der Waals surface area contributed by atoms with Crippen molar-refractivity contribution >= 4 is 28.6 Å². The van der Waals surface area contributed by atoms with E-state index in [4.69, 9.17) is 26.8 Å². The van der Waals surface area contributed by atoms with Crippen molar-refractivity contribution in [2.24, 2.45) is 0 Å². The molecule has 3 aromatic rings. The summed E-state index contributed by atoms with van der Waals surface area (Å²) in [5.74, 6) is -1.70. The van der Waals surface area contributed by atoms with Gasteiger partial charge in [-0.2, -0.15) is 0 Å². The average molecular weight is 422 g/mol. The number of nitrogens with two attached hydrogens (primary N) is 1. The molecule has 0 radical (unpaired) electrons. The van der Waals surface area contributed by atoms with Crippen LogP contribution in [0.5, 0.6) is 0 Å². The molecule has 0 saturated carbocycles. The Kier molecular flexibility index (Phi) is 5.38. The molecule has 0 spiro atoms. The number of aliphatic hydroxyl groups excluding tert-OH is 3. The number of fused-ring (bicyclic) bond motifs is 1. The van der Waals surface area contributed by atoms with Gasteiger partial charge in [0.1, 0.15) is 30.4 Å². The van der Waals surface area contributed by atoms with Crippen molar-refractivity contribution < 1.29 is 24.8 Å². The van der Waals surface area contributed by atoms with Crippen molar-refractivity contribution in [2.45, 2.75) is 30.6 Å². The predicted molar refractivity (Wildman–Crippen MR) is 103 cm³/mol. The number of ether oxygens (including phenoxy) is 2. The number of hydrogen-bond donors (Lipinski definition) is 4. The van der Waals surface area contributed by atoms with E-state index in [0.29, 0.717) is 17.0 Å². The third-order valence-corrected chi connectivity index (χ3v) is 5.14. The Bertz CT molecular complexity index is 1000. The van der Waals surface area contributed by atoms with Crippen molar-refractivity contribution in [3.8, 4) is 0 Å². The van der Waals surface area contributed by atoms with Crippen LogP contribution in [0, 0.1) is 0 Å². The van der Waals surface area contributed by atoms with Gasteiger partial charge in [-0.15, -0.1) is 0 Å². The molecular weight excluding hydrogens is 402 g/mol. The van der Waals surface area contributed by atoms with Gasteiger partial charge in [-0.3, -0.25) is 4.57 Å². The van der Waals surface area contributed by atoms with Crippen LogP contribution in [0.3, 0.4) is 0 Å². The minimum atomic E-state index is -1.85. The third kappa shape index (κ3) is 3.44. The monoisotopic (exact) mass is 421 g/mol. The van der Waals surface area contributed by atoms with Gasteiger partial charge in [0.05, 0.1) is 13.2 Å². The molecule has 3 heterocycles. The van der Waals surface area contributed by atoms with Crippen molar-refractivity contribution in [1.29, 1.82) is 0 Å². The molecule has 5 N–H and O–H groups in total. The molecule has 1 fully saturated rings. The van der Waals surface area contributed by atoms with Crippen LogP contribution in [0.4, 0.5) is 5.82 Å². The highest BCUT2D eigenvalue weighted by molar-refractivity contribution is 6.30. The summed E-state index contributed by atoms with van der Waals surface area (Å²) < 4.78 is 13.1. The smallest absolute Gasteiger partial charge is 0.288 e. The van der Waals surface area contributed by atoms with Gasteiger partial charge < -0.3 is 30.5 Å². The second-order valence-electron chi connectivity index (χ2n) is 6.68. The Balaban J connectivity index is 1.68. The molecule has 154 valence electrons. The molecule has 2 aromatic heterocycles. The Hall–Kier alpha value is -2.34. The first-order valence-electron chi connectivity index (χ1n) is 8.93. The van der Waals surface area contributed by atoms with Gasteiger partial charge in [-0.1, -0.05) is 23.7 Å². The first kappa shape index (κ1) is 20.0. The van der Waals surface area contributed by atoms with E-state index < -0.39 is 30.8 Å². The maximum Gasteiger partial charge on any atom is 0.288 e. The summed E-state index contributed by atoms with van der Waals surface area (Å²) in [5, 5.41) is 31.3. The highest BCUT2D eigenvalue weighted by Crippen LogP contribution is 2.39. The third-order valence-electron chi connectivity index (χ3n) is 4.89. The van der Waals surface area contributed by atoms with Gasteiger partial charge >= 0.3 is 0 Å². The highest BCUT2D eigenvalue weighted by atomic mass is 35.5. The van der Waals surface area contributed by atoms with Crippen molar-refractivity contribution in [3.05, 3.63) is 47.5 Å². The van der Waals surface area contributed by atoms with Gasteiger partial charge in [-0.25, -0.2) is 15.0 Å². The molecule has 0 unspecified atom stereocenters. The predicted octanol–water partition coefficient (Wildman–Crippen LogP) is 0.0444. The molecule has 1 aromatic carbocycles. The Morgan fingerprint density at radius 1 is 1.21 bits per heavy atom. The number of halogens is 1. The maximum atomic E-state index is 10.8. The molecule has 0 aliphatic carbocycles. The van der Waals surface area contributed by atoms with Crippen molar-refractivity contribution in [2.75, 3.05) is 18.9 Å². The SMILES string of the molecule is Nc1ncnc2c1ncn2[C@]1(OCCc2ccc(Cl)cc2)O[C@H](CO)[C@@H](O)[C@H]1O. The molecule has 10 nitrogen and oxygen atoms in total. The van der Waals surface area contributed by atoms with E-state index >= 15 is 0 Å². The topological polar surface area (TPSA) is 149 Å². The van der Waals surface area contributed by atoms with E-state index in [1.807, 2.05) is 12.1 Å². The fourth-order valence-corrected chi connectivity index (χ4v) is 3.48. The molecule has 29 heavy (non-hydrogen) atoms. The van der Waals surface area contributed by atoms with Crippen molar-refractivity contribution in [1.82, 2.24) is 19.5 Å². The number of nitrogen functional groups attached to an aromatic ring is 1. The number of nitrogens with zero attached hydrogens (tertiary/aromatic N) is 4. The number of aromatic nitrogens is 4. The zero-order valence-electron chi connectivity index (χ0n) is 15.2. The van der Waals surface area contributed by atoms with Crippen LogP contribution in [0.15, 0.2) is 36.9 Å². The van der Waals surface area contributed by atoms with E-state index in [9.17, 15) is 15.3 Å². The molecule has 11 heteroatoms. The lowest BCUT2D eigenvalue weighted by Crippen LogP contribution is -2.48. The van der Waals surface area contributed by atoms with Gasteiger partial charge in [0, 0.05) is 5.02 Å². The molecule has 1 aliphatic heterocycles. The van der Waals surface area contributed by atoms with Crippen LogP contribution in [0.25, 0.3) is 11.2 Å². The van der Waals surface area contributed by atoms with Crippen LogP contribution in [0.1, 0.15) is 5.56 Å². The van der Waals surface area contributed by atoms with E-state index in [0.717, 1.165) is 5.56 Å². The molecule has 0 bridgehead atoms. The standard InChI is InChI=1S/C18H20ClN5O5/c19-11-3-1-10(2-4-11)5-6-28-18(15(27)14(26)12(7-25)29-18)24-9-23-13-16(20)21-8-22-17(13)24/h1-4,8-9,12,14-15,25-27H,5-7H2,(H2,20,21,22)/t12-,14-,15-,18-/m1/s1. The fourth-order valence-electron chi connectivity index (χ4n) is 3.36. The lowest BCUT2D eigenvalue weighted by molar-refractivity contribution is -0.313. The quantitative estimate of drug-likeness (QED) is 0.432. The second kappa shape index (κ2) is 7.82. The lowest BCUT2D eigenvalue weighted by Gasteiger charge is -2.33. The molecule has 1 saturated heterocycles. The first-order valence-corrected chi connectivity index (χ1v) is 9.31. The number of benzene rings is 1. The van der Waals surface area contributed by atoms with Gasteiger partial charge in [0.25, 0.3) is 5.91 Å². The fraction of sp³-hybridized carbons (Fsp3) is 0.389. The largest absolute Gasteiger partial charge is 0.394 e. The van der Waals surface area contributed by atoms with Gasteiger partial charge in [-0.05, 0) is 24.1 Å². The summed E-state index contributed by atoms with van der Waals surface area (Å²) in [6.45, 7) is -0.381. The Labute approximate surface area is 170 Å². The summed E-state index contributed by atoms with van der Waals surface area (Å²) in [7, 11) is 0. The second-order valence-corrected chi connectivity index (χ2v) is 7.11. The van der Waals surface area contributed by atoms with Gasteiger partial charge in [0.15, 0.2) is 17.6 Å². The number of imidazole rings is 1. The molecular formula is C18H20ClN5O5. The highest BCUT2D eigenvalue weighted by Gasteiger charge is 2.57. The average Bonchev–Trinajstić information content (AvgIpc) is 3.26. The minimum absolute atomic E-state index is 0.129. The summed E-state index contributed by atoms with van der Waals surface area (Å²) in [4.78, 5) is 12.2. The summed E-state index contributed by atoms with van der Waals surface area (Å²) in [6, 6.07) is 7.25. The van der Waals surface area contributed by atoms with E-state index in [1.165, 1.54) is 17.2 Å². The van der Waals surface area contributed by atoms with Crippen molar-refractivity contribution in [3.63, 3.8) is 0 Å². The number of rotatable bonds is 6. The van der Waals surface area contributed by atoms with E-state index in [2.05, 4.69) is 15.0 Å². The lowest BCUT2D eigenvalue weighted by atomic mass is 10.1. The van der Waals surface area contributed by atoms with E-state index in [1.54, 1.807) is 12.1 Å². The summed E-state index contributed by atoms with van der Waals surface area (Å²) in [6.07, 6.45) is -0.881. The van der Waals surface area contributed by atoms with E-state index in [-0.39, 0.29) is 18.1 Å².